The van der Waals surface area contributed by atoms with Crippen molar-refractivity contribution in [1.82, 2.24) is 4.90 Å². The van der Waals surface area contributed by atoms with Crippen LogP contribution in [0, 0.1) is 11.8 Å². The maximum Gasteiger partial charge on any atom is 0.161 e. The second-order valence-corrected chi connectivity index (χ2v) is 5.48. The van der Waals surface area contributed by atoms with Crippen LogP contribution in [0.2, 0.25) is 0 Å². The first-order chi connectivity index (χ1) is 15.6. The van der Waals surface area contributed by atoms with Gasteiger partial charge in [0.05, 0.1) is 21.7 Å². The van der Waals surface area contributed by atoms with Gasteiger partial charge in [0, 0.05) is 34.2 Å². The van der Waals surface area contributed by atoms with Crippen LogP contribution in [-0.4, -0.2) is 43.3 Å². The molecular weight excluding hydrogens is 290 g/mol. The highest BCUT2D eigenvalue weighted by Crippen LogP contribution is 2.43. The number of methoxy groups -OCH3 is 2. The zero-order valence-electron chi connectivity index (χ0n) is 25.4. The standard InChI is InChI=1S/C19H29NO3/c1-12(2)7-14-11-20-6-5-13-8-18(22-3)19(23-4)9-15(13)16(20)10-17(14)21/h8-9,12,14,16-17,21H,5-7,10-11H2,1-4H3/i1D3,7D2,10D2,11D2,12D,14D,17D. The zero-order valence-corrected chi connectivity index (χ0v) is 13.4. The molecule has 3 rings (SSSR count). The molecule has 0 spiro atoms. The first kappa shape index (κ1) is 7.32. The molecule has 128 valence electrons. The van der Waals surface area contributed by atoms with Crippen molar-refractivity contribution in [2.24, 2.45) is 11.8 Å². The lowest BCUT2D eigenvalue weighted by Gasteiger charge is -2.46. The number of ether oxygens (including phenoxy) is 2. The van der Waals surface area contributed by atoms with Gasteiger partial charge in [0.15, 0.2) is 11.5 Å². The van der Waals surface area contributed by atoms with Gasteiger partial charge < -0.3 is 14.6 Å². The Morgan fingerprint density at radius 2 is 2.26 bits per heavy atom. The van der Waals surface area contributed by atoms with Gasteiger partial charge in [-0.05, 0) is 54.2 Å². The van der Waals surface area contributed by atoms with E-state index in [1.54, 1.807) is 6.07 Å². The highest BCUT2D eigenvalue weighted by molar-refractivity contribution is 5.49. The third-order valence-electron chi connectivity index (χ3n) is 3.95. The molecule has 0 radical (unpaired) electrons. The summed E-state index contributed by atoms with van der Waals surface area (Å²) in [6.45, 7) is -6.29. The Morgan fingerprint density at radius 1 is 1.52 bits per heavy atom. The molecule has 4 atom stereocenters. The van der Waals surface area contributed by atoms with Crippen molar-refractivity contribution in [3.63, 3.8) is 0 Å². The van der Waals surface area contributed by atoms with E-state index in [-0.39, 0.29) is 24.3 Å². The molecule has 0 aromatic heterocycles. The van der Waals surface area contributed by atoms with Crippen LogP contribution in [0.15, 0.2) is 12.1 Å². The monoisotopic (exact) mass is 331 g/mol. The average Bonchev–Trinajstić information content (AvgIpc) is 2.74. The van der Waals surface area contributed by atoms with Crippen molar-refractivity contribution in [2.45, 2.75) is 45.1 Å². The molecular formula is C19H29NO3. The van der Waals surface area contributed by atoms with E-state index >= 15 is 0 Å². The van der Waals surface area contributed by atoms with Gasteiger partial charge in [-0.2, -0.15) is 0 Å². The van der Waals surface area contributed by atoms with E-state index in [2.05, 4.69) is 0 Å². The van der Waals surface area contributed by atoms with Crippen LogP contribution in [0.4, 0.5) is 0 Å². The van der Waals surface area contributed by atoms with Crippen molar-refractivity contribution < 1.29 is 31.0 Å². The largest absolute Gasteiger partial charge is 0.493 e. The number of hydrogen-bond acceptors (Lipinski definition) is 4. The fourth-order valence-corrected chi connectivity index (χ4v) is 2.89. The predicted molar refractivity (Wildman–Crippen MR) is 91.1 cm³/mol. The van der Waals surface area contributed by atoms with Crippen LogP contribution >= 0.6 is 0 Å². The Balaban J connectivity index is 2.34. The number of hydrogen-bond donors (Lipinski definition) is 1. The fourth-order valence-electron chi connectivity index (χ4n) is 2.89. The van der Waals surface area contributed by atoms with E-state index in [0.717, 1.165) is 4.90 Å². The molecule has 1 aromatic carbocycles. The van der Waals surface area contributed by atoms with Crippen LogP contribution in [0.5, 0.6) is 11.5 Å². The zero-order chi connectivity index (χ0) is 27.2. The van der Waals surface area contributed by atoms with Gasteiger partial charge in [0.25, 0.3) is 0 Å². The molecule has 1 saturated heterocycles. The second-order valence-electron chi connectivity index (χ2n) is 5.48. The summed E-state index contributed by atoms with van der Waals surface area (Å²) < 4.78 is 111. The van der Waals surface area contributed by atoms with Crippen LogP contribution in [0.25, 0.3) is 0 Å². The molecule has 4 unspecified atom stereocenters. The van der Waals surface area contributed by atoms with Crippen molar-refractivity contribution in [2.75, 3.05) is 27.3 Å². The average molecular weight is 332 g/mol. The van der Waals surface area contributed by atoms with Gasteiger partial charge in [-0.25, -0.2) is 0 Å². The molecule has 0 aliphatic carbocycles. The predicted octanol–water partition coefficient (Wildman–Crippen LogP) is 3.03. The lowest BCUT2D eigenvalue weighted by molar-refractivity contribution is -0.0191. The van der Waals surface area contributed by atoms with E-state index in [1.807, 2.05) is 0 Å². The molecule has 4 heteroatoms. The summed E-state index contributed by atoms with van der Waals surface area (Å²) in [6.07, 6.45) is -10.7. The maximum atomic E-state index is 11.3. The molecule has 2 heterocycles. The van der Waals surface area contributed by atoms with Gasteiger partial charge in [-0.3, -0.25) is 4.90 Å². The fraction of sp³-hybridized carbons (Fsp3) is 0.684. The number of piperidine rings is 1. The van der Waals surface area contributed by atoms with Crippen molar-refractivity contribution >= 4 is 0 Å². The minimum absolute atomic E-state index is 0.120. The highest BCUT2D eigenvalue weighted by Gasteiger charge is 2.38. The highest BCUT2D eigenvalue weighted by atomic mass is 16.5. The molecule has 0 saturated carbocycles. The Kier molecular flexibility index (Phi) is 2.13. The van der Waals surface area contributed by atoms with E-state index in [1.165, 1.54) is 20.3 Å². The minimum atomic E-state index is -3.84. The van der Waals surface area contributed by atoms with Crippen molar-refractivity contribution in [1.29, 1.82) is 0 Å². The van der Waals surface area contributed by atoms with E-state index in [4.69, 9.17) is 25.9 Å². The molecule has 0 amide bonds. The smallest absolute Gasteiger partial charge is 0.161 e. The van der Waals surface area contributed by atoms with Crippen LogP contribution in [-0.2, 0) is 6.42 Å². The Bertz CT molecular complexity index is 1010. The third-order valence-corrected chi connectivity index (χ3v) is 3.95. The summed E-state index contributed by atoms with van der Waals surface area (Å²) in [5.41, 5.74) is 0.674. The molecule has 1 aromatic rings. The number of benzene rings is 1. The molecule has 0 bridgehead atoms. The summed E-state index contributed by atoms with van der Waals surface area (Å²) in [4.78, 5) is 0.838. The number of fused-ring (bicyclic) bond motifs is 3. The Morgan fingerprint density at radius 3 is 2.96 bits per heavy atom. The minimum Gasteiger partial charge on any atom is -0.493 e. The van der Waals surface area contributed by atoms with Gasteiger partial charge in [-0.15, -0.1) is 0 Å². The van der Waals surface area contributed by atoms with Gasteiger partial charge in [0.1, 0.15) is 0 Å². The summed E-state index contributed by atoms with van der Waals surface area (Å²) >= 11 is 0. The van der Waals surface area contributed by atoms with Crippen LogP contribution in [0.3, 0.4) is 0 Å². The first-order valence-corrected chi connectivity index (χ1v) is 7.33. The summed E-state index contributed by atoms with van der Waals surface area (Å²) in [7, 11) is 2.74. The van der Waals surface area contributed by atoms with E-state index in [0.29, 0.717) is 18.2 Å². The molecule has 2 aliphatic heterocycles. The SMILES string of the molecule is [2H]C([2H])([2H])C([2H])(C)C([2H])([2H])C1([2H])C([2H])([2H])N2CCc3cc(OC)c(OC)cc3C2C([2H])([2H])C1([2H])O. The topological polar surface area (TPSA) is 41.9 Å². The quantitative estimate of drug-likeness (QED) is 0.921. The number of nitrogens with zero attached hydrogens (tertiary/aromatic N) is 1. The van der Waals surface area contributed by atoms with E-state index < -0.39 is 50.0 Å². The third kappa shape index (κ3) is 3.20. The summed E-state index contributed by atoms with van der Waals surface area (Å²) in [5, 5.41) is 11.3. The van der Waals surface area contributed by atoms with Crippen molar-refractivity contribution in [3.05, 3.63) is 23.3 Å². The number of rotatable bonds is 4. The van der Waals surface area contributed by atoms with Gasteiger partial charge >= 0.3 is 0 Å². The molecule has 2 aliphatic rings. The molecule has 1 fully saturated rings. The summed E-state index contributed by atoms with van der Waals surface area (Å²) in [5.74, 6) is -6.45. The Hall–Kier alpha value is -1.26. The first-order valence-electron chi connectivity index (χ1n) is 13.3. The van der Waals surface area contributed by atoms with Gasteiger partial charge in [0.2, 0.25) is 0 Å². The second kappa shape index (κ2) is 6.70. The number of aliphatic hydroxyl groups is 1. The molecule has 4 nitrogen and oxygen atoms in total. The van der Waals surface area contributed by atoms with E-state index in [9.17, 15) is 5.11 Å². The van der Waals surface area contributed by atoms with Crippen molar-refractivity contribution in [3.8, 4) is 11.5 Å². The van der Waals surface area contributed by atoms with Crippen LogP contribution < -0.4 is 9.47 Å². The lowest BCUT2D eigenvalue weighted by Crippen LogP contribution is -2.48. The maximum absolute atomic E-state index is 11.3. The lowest BCUT2D eigenvalue weighted by atomic mass is 9.79. The van der Waals surface area contributed by atoms with Crippen LogP contribution in [0.1, 0.15) is 60.1 Å². The Labute approximate surface area is 156 Å². The van der Waals surface area contributed by atoms with Gasteiger partial charge in [-0.1, -0.05) is 13.8 Å². The normalized spacial score (nSPS) is 49.7. The molecule has 1 N–H and O–H groups in total. The molecule has 23 heavy (non-hydrogen) atoms. The summed E-state index contributed by atoms with van der Waals surface area (Å²) in [6, 6.07) is 1.29.